The van der Waals surface area contributed by atoms with E-state index in [0.717, 1.165) is 31.2 Å². The maximum atomic E-state index is 12.2. The van der Waals surface area contributed by atoms with Crippen molar-refractivity contribution in [2.24, 2.45) is 5.92 Å². The van der Waals surface area contributed by atoms with Gasteiger partial charge in [0.2, 0.25) is 5.91 Å². The molecule has 20 heavy (non-hydrogen) atoms. The highest BCUT2D eigenvalue weighted by molar-refractivity contribution is 5.91. The molecule has 1 aromatic rings. The van der Waals surface area contributed by atoms with Gasteiger partial charge in [-0.2, -0.15) is 0 Å². The number of carbonyl (C=O) groups excluding carboxylic acids is 1. The van der Waals surface area contributed by atoms with Crippen LogP contribution in [0.2, 0.25) is 0 Å². The Morgan fingerprint density at radius 2 is 2.10 bits per heavy atom. The van der Waals surface area contributed by atoms with Crippen molar-refractivity contribution in [3.63, 3.8) is 0 Å². The lowest BCUT2D eigenvalue weighted by Crippen LogP contribution is -2.22. The number of pyridine rings is 1. The fraction of sp³-hybridized carbons (Fsp3) is 0.500. The summed E-state index contributed by atoms with van der Waals surface area (Å²) in [6, 6.07) is 3.49. The second-order valence-corrected chi connectivity index (χ2v) is 5.07. The molecule has 0 unspecified atom stereocenters. The lowest BCUT2D eigenvalue weighted by Gasteiger charge is -2.13. The summed E-state index contributed by atoms with van der Waals surface area (Å²) in [4.78, 5) is 16.4. The predicted octanol–water partition coefficient (Wildman–Crippen LogP) is 2.33. The first kappa shape index (κ1) is 14.5. The number of aromatic nitrogens is 1. The number of hydrogen-bond acceptors (Lipinski definition) is 3. The van der Waals surface area contributed by atoms with Crippen molar-refractivity contribution in [3.05, 3.63) is 23.9 Å². The largest absolute Gasteiger partial charge is 0.384 e. The van der Waals surface area contributed by atoms with Gasteiger partial charge in [-0.05, 0) is 25.0 Å². The number of amides is 1. The SMILES string of the molecule is O=C(Nc1cc(C#CCO)ccn1)C1CCCCCC1. The molecule has 2 N–H and O–H groups in total. The maximum Gasteiger partial charge on any atom is 0.228 e. The van der Waals surface area contributed by atoms with Crippen molar-refractivity contribution in [2.45, 2.75) is 38.5 Å². The van der Waals surface area contributed by atoms with Gasteiger partial charge in [0.05, 0.1) is 0 Å². The van der Waals surface area contributed by atoms with Gasteiger partial charge in [-0.3, -0.25) is 4.79 Å². The van der Waals surface area contributed by atoms with Gasteiger partial charge >= 0.3 is 0 Å². The van der Waals surface area contributed by atoms with E-state index in [9.17, 15) is 4.79 Å². The lowest BCUT2D eigenvalue weighted by atomic mass is 9.99. The highest BCUT2D eigenvalue weighted by Gasteiger charge is 2.20. The van der Waals surface area contributed by atoms with Crippen molar-refractivity contribution in [2.75, 3.05) is 11.9 Å². The molecule has 106 valence electrons. The predicted molar refractivity (Wildman–Crippen MR) is 78.0 cm³/mol. The van der Waals surface area contributed by atoms with Crippen molar-refractivity contribution < 1.29 is 9.90 Å². The van der Waals surface area contributed by atoms with Crippen LogP contribution in [0.5, 0.6) is 0 Å². The molecule has 0 atom stereocenters. The average Bonchev–Trinajstić information content (AvgIpc) is 2.74. The van der Waals surface area contributed by atoms with Gasteiger partial charge in [-0.25, -0.2) is 4.98 Å². The monoisotopic (exact) mass is 272 g/mol. The minimum Gasteiger partial charge on any atom is -0.384 e. The van der Waals surface area contributed by atoms with E-state index in [0.29, 0.717) is 5.82 Å². The Morgan fingerprint density at radius 1 is 1.35 bits per heavy atom. The fourth-order valence-electron chi connectivity index (χ4n) is 2.49. The van der Waals surface area contributed by atoms with Crippen LogP contribution < -0.4 is 5.32 Å². The van der Waals surface area contributed by atoms with Gasteiger partial charge in [0, 0.05) is 17.7 Å². The standard InChI is InChI=1S/C16H20N2O2/c19-11-5-6-13-9-10-17-15(12-13)18-16(20)14-7-3-1-2-4-8-14/h9-10,12,14,19H,1-4,7-8,11H2,(H,17,18,20). The van der Waals surface area contributed by atoms with Crippen LogP contribution in [-0.4, -0.2) is 22.6 Å². The maximum absolute atomic E-state index is 12.2. The summed E-state index contributed by atoms with van der Waals surface area (Å²) in [6.07, 6.45) is 8.28. The minimum atomic E-state index is -0.175. The Kier molecular flexibility index (Phi) is 5.57. The van der Waals surface area contributed by atoms with E-state index in [2.05, 4.69) is 22.1 Å². The lowest BCUT2D eigenvalue weighted by molar-refractivity contribution is -0.120. The van der Waals surface area contributed by atoms with Crippen molar-refractivity contribution >= 4 is 11.7 Å². The highest BCUT2D eigenvalue weighted by atomic mass is 16.2. The number of aliphatic hydroxyl groups excluding tert-OH is 1. The third-order valence-electron chi connectivity index (χ3n) is 3.55. The third kappa shape index (κ3) is 4.36. The number of hydrogen-bond donors (Lipinski definition) is 2. The molecule has 1 aliphatic carbocycles. The van der Waals surface area contributed by atoms with E-state index in [4.69, 9.17) is 5.11 Å². The molecule has 1 amide bonds. The van der Waals surface area contributed by atoms with Crippen LogP contribution in [0.4, 0.5) is 5.82 Å². The second kappa shape index (κ2) is 7.66. The highest BCUT2D eigenvalue weighted by Crippen LogP contribution is 2.23. The molecule has 2 rings (SSSR count). The molecular weight excluding hydrogens is 252 g/mol. The number of aliphatic hydroxyl groups is 1. The van der Waals surface area contributed by atoms with Crippen LogP contribution in [0.25, 0.3) is 0 Å². The molecule has 4 heteroatoms. The topological polar surface area (TPSA) is 62.2 Å². The first-order valence-corrected chi connectivity index (χ1v) is 7.16. The second-order valence-electron chi connectivity index (χ2n) is 5.07. The molecule has 1 heterocycles. The van der Waals surface area contributed by atoms with E-state index >= 15 is 0 Å². The van der Waals surface area contributed by atoms with Gasteiger partial charge in [-0.15, -0.1) is 0 Å². The Morgan fingerprint density at radius 3 is 2.80 bits per heavy atom. The summed E-state index contributed by atoms with van der Waals surface area (Å²) >= 11 is 0. The number of nitrogens with zero attached hydrogens (tertiary/aromatic N) is 1. The van der Waals surface area contributed by atoms with Crippen molar-refractivity contribution in [1.29, 1.82) is 0 Å². The zero-order valence-corrected chi connectivity index (χ0v) is 11.6. The molecule has 0 radical (unpaired) electrons. The van der Waals surface area contributed by atoms with Crippen LogP contribution in [0, 0.1) is 17.8 Å². The van der Waals surface area contributed by atoms with Crippen molar-refractivity contribution in [3.8, 4) is 11.8 Å². The Labute approximate surface area is 119 Å². The molecule has 4 nitrogen and oxygen atoms in total. The molecule has 1 aliphatic rings. The summed E-state index contributed by atoms with van der Waals surface area (Å²) in [5.41, 5.74) is 0.741. The zero-order chi connectivity index (χ0) is 14.2. The summed E-state index contributed by atoms with van der Waals surface area (Å²) < 4.78 is 0. The van der Waals surface area contributed by atoms with E-state index in [1.54, 1.807) is 18.3 Å². The van der Waals surface area contributed by atoms with Crippen LogP contribution in [0.1, 0.15) is 44.1 Å². The van der Waals surface area contributed by atoms with Gasteiger partial charge in [0.15, 0.2) is 0 Å². The molecule has 0 saturated heterocycles. The summed E-state index contributed by atoms with van der Waals surface area (Å²) in [5.74, 6) is 6.08. The van der Waals surface area contributed by atoms with Crippen LogP contribution in [0.3, 0.4) is 0 Å². The number of nitrogens with one attached hydrogen (secondary N) is 1. The first-order chi connectivity index (χ1) is 9.79. The normalized spacial score (nSPS) is 15.8. The fourth-order valence-corrected chi connectivity index (χ4v) is 2.49. The molecule has 0 bridgehead atoms. The van der Waals surface area contributed by atoms with E-state index in [1.165, 1.54) is 12.8 Å². The van der Waals surface area contributed by atoms with E-state index < -0.39 is 0 Å². The molecule has 0 aliphatic heterocycles. The van der Waals surface area contributed by atoms with Crippen LogP contribution in [-0.2, 0) is 4.79 Å². The molecule has 1 saturated carbocycles. The van der Waals surface area contributed by atoms with Crippen LogP contribution >= 0.6 is 0 Å². The molecule has 1 fully saturated rings. The van der Waals surface area contributed by atoms with Gasteiger partial charge < -0.3 is 10.4 Å². The third-order valence-corrected chi connectivity index (χ3v) is 3.55. The average molecular weight is 272 g/mol. The van der Waals surface area contributed by atoms with Crippen LogP contribution in [0.15, 0.2) is 18.3 Å². The Bertz CT molecular complexity index is 509. The summed E-state index contributed by atoms with van der Waals surface area (Å²) in [7, 11) is 0. The van der Waals surface area contributed by atoms with Gasteiger partial charge in [0.1, 0.15) is 12.4 Å². The summed E-state index contributed by atoms with van der Waals surface area (Å²) in [6.45, 7) is -0.175. The van der Waals surface area contributed by atoms with Crippen molar-refractivity contribution in [1.82, 2.24) is 4.98 Å². The number of carbonyl (C=O) groups is 1. The number of anilines is 1. The Hall–Kier alpha value is -1.86. The molecule has 1 aromatic heterocycles. The summed E-state index contributed by atoms with van der Waals surface area (Å²) in [5, 5.41) is 11.6. The number of rotatable bonds is 2. The van der Waals surface area contributed by atoms with E-state index in [1.807, 2.05) is 0 Å². The van der Waals surface area contributed by atoms with E-state index in [-0.39, 0.29) is 18.4 Å². The van der Waals surface area contributed by atoms with Gasteiger partial charge in [0.25, 0.3) is 0 Å². The Balaban J connectivity index is 1.99. The molecular formula is C16H20N2O2. The minimum absolute atomic E-state index is 0.0617. The quantitative estimate of drug-likeness (QED) is 0.641. The zero-order valence-electron chi connectivity index (χ0n) is 11.6. The molecule has 0 spiro atoms. The smallest absolute Gasteiger partial charge is 0.228 e. The molecule has 0 aromatic carbocycles. The first-order valence-electron chi connectivity index (χ1n) is 7.16. The van der Waals surface area contributed by atoms with Gasteiger partial charge in [-0.1, -0.05) is 37.5 Å².